The SMILES string of the molecule is C=C(C)COc1ccc(B2OC(C)(C)C(C)(C)O2)cc1. The number of benzene rings is 1. The van der Waals surface area contributed by atoms with Crippen molar-refractivity contribution in [3.8, 4) is 5.75 Å². The lowest BCUT2D eigenvalue weighted by atomic mass is 9.79. The molecule has 0 amide bonds. The van der Waals surface area contributed by atoms with E-state index in [4.69, 9.17) is 14.0 Å². The highest BCUT2D eigenvalue weighted by atomic mass is 16.7. The van der Waals surface area contributed by atoms with E-state index >= 15 is 0 Å². The van der Waals surface area contributed by atoms with Crippen molar-refractivity contribution in [3.05, 3.63) is 36.4 Å². The summed E-state index contributed by atoms with van der Waals surface area (Å²) in [4.78, 5) is 0. The van der Waals surface area contributed by atoms with Gasteiger partial charge in [0.1, 0.15) is 12.4 Å². The van der Waals surface area contributed by atoms with Crippen LogP contribution in [0.2, 0.25) is 0 Å². The van der Waals surface area contributed by atoms with E-state index in [2.05, 4.69) is 34.3 Å². The highest BCUT2D eigenvalue weighted by Crippen LogP contribution is 2.36. The van der Waals surface area contributed by atoms with Gasteiger partial charge >= 0.3 is 7.12 Å². The predicted octanol–water partition coefficient (Wildman–Crippen LogP) is 2.94. The zero-order valence-corrected chi connectivity index (χ0v) is 13.0. The first kappa shape index (κ1) is 15.1. The molecule has 108 valence electrons. The lowest BCUT2D eigenvalue weighted by Crippen LogP contribution is -2.41. The molecule has 0 N–H and O–H groups in total. The summed E-state index contributed by atoms with van der Waals surface area (Å²) >= 11 is 0. The van der Waals surface area contributed by atoms with Crippen LogP contribution in [0.3, 0.4) is 0 Å². The number of hydrogen-bond acceptors (Lipinski definition) is 3. The second-order valence-corrected chi connectivity index (χ2v) is 6.40. The summed E-state index contributed by atoms with van der Waals surface area (Å²) in [5, 5.41) is 0. The van der Waals surface area contributed by atoms with E-state index in [1.54, 1.807) is 0 Å². The van der Waals surface area contributed by atoms with E-state index in [1.165, 1.54) is 0 Å². The van der Waals surface area contributed by atoms with Gasteiger partial charge in [-0.2, -0.15) is 0 Å². The normalized spacial score (nSPS) is 19.9. The van der Waals surface area contributed by atoms with Crippen LogP contribution in [0.5, 0.6) is 5.75 Å². The molecule has 1 aliphatic heterocycles. The van der Waals surface area contributed by atoms with Crippen molar-refractivity contribution in [1.82, 2.24) is 0 Å². The van der Waals surface area contributed by atoms with Gasteiger partial charge in [-0.1, -0.05) is 18.7 Å². The Balaban J connectivity index is 2.06. The van der Waals surface area contributed by atoms with Crippen LogP contribution in [0, 0.1) is 0 Å². The van der Waals surface area contributed by atoms with Gasteiger partial charge in [-0.05, 0) is 57.8 Å². The monoisotopic (exact) mass is 274 g/mol. The molecule has 0 bridgehead atoms. The highest BCUT2D eigenvalue weighted by Gasteiger charge is 2.51. The van der Waals surface area contributed by atoms with Crippen molar-refractivity contribution in [2.75, 3.05) is 6.61 Å². The summed E-state index contributed by atoms with van der Waals surface area (Å²) in [5.41, 5.74) is 1.38. The standard InChI is InChI=1S/C16H23BO3/c1-12(2)11-18-14-9-7-13(8-10-14)17-19-15(3,4)16(5,6)20-17/h7-10H,1,11H2,2-6H3. The van der Waals surface area contributed by atoms with Gasteiger partial charge in [0.15, 0.2) is 0 Å². The molecule has 1 saturated heterocycles. The molecule has 20 heavy (non-hydrogen) atoms. The van der Waals surface area contributed by atoms with Gasteiger partial charge in [0, 0.05) is 0 Å². The Hall–Kier alpha value is -1.26. The molecule has 1 fully saturated rings. The van der Waals surface area contributed by atoms with Crippen molar-refractivity contribution >= 4 is 12.6 Å². The van der Waals surface area contributed by atoms with Gasteiger partial charge in [0.2, 0.25) is 0 Å². The molecule has 0 unspecified atom stereocenters. The van der Waals surface area contributed by atoms with Crippen LogP contribution in [0.4, 0.5) is 0 Å². The molecule has 0 aliphatic carbocycles. The van der Waals surface area contributed by atoms with Crippen molar-refractivity contribution < 1.29 is 14.0 Å². The molecular weight excluding hydrogens is 251 g/mol. The predicted molar refractivity (Wildman–Crippen MR) is 82.5 cm³/mol. The Morgan fingerprint density at radius 3 is 2.05 bits per heavy atom. The Morgan fingerprint density at radius 2 is 1.60 bits per heavy atom. The summed E-state index contributed by atoms with van der Waals surface area (Å²) < 4.78 is 17.6. The van der Waals surface area contributed by atoms with E-state index in [1.807, 2.05) is 31.2 Å². The highest BCUT2D eigenvalue weighted by molar-refractivity contribution is 6.62. The first-order valence-electron chi connectivity index (χ1n) is 6.94. The van der Waals surface area contributed by atoms with E-state index in [0.29, 0.717) is 6.61 Å². The Kier molecular flexibility index (Phi) is 3.98. The quantitative estimate of drug-likeness (QED) is 0.624. The zero-order valence-electron chi connectivity index (χ0n) is 13.0. The smallest absolute Gasteiger partial charge is 0.489 e. The van der Waals surface area contributed by atoms with Crippen LogP contribution in [0.1, 0.15) is 34.6 Å². The fraction of sp³-hybridized carbons (Fsp3) is 0.500. The van der Waals surface area contributed by atoms with Crippen molar-refractivity contribution in [1.29, 1.82) is 0 Å². The van der Waals surface area contributed by atoms with Crippen LogP contribution in [-0.2, 0) is 9.31 Å². The fourth-order valence-electron chi connectivity index (χ4n) is 1.91. The molecule has 0 radical (unpaired) electrons. The van der Waals surface area contributed by atoms with Crippen LogP contribution < -0.4 is 10.2 Å². The number of ether oxygens (including phenoxy) is 1. The first-order valence-corrected chi connectivity index (χ1v) is 6.94. The number of hydrogen-bond donors (Lipinski definition) is 0. The summed E-state index contributed by atoms with van der Waals surface area (Å²) in [6.07, 6.45) is 0. The van der Waals surface area contributed by atoms with Gasteiger partial charge in [0.25, 0.3) is 0 Å². The molecule has 1 aromatic rings. The maximum Gasteiger partial charge on any atom is 0.494 e. The molecule has 0 spiro atoms. The number of rotatable bonds is 4. The summed E-state index contributed by atoms with van der Waals surface area (Å²) in [6.45, 7) is 14.5. The van der Waals surface area contributed by atoms with E-state index in [-0.39, 0.29) is 18.3 Å². The third-order valence-corrected chi connectivity index (χ3v) is 3.89. The Bertz CT molecular complexity index is 475. The minimum Gasteiger partial charge on any atom is -0.489 e. The van der Waals surface area contributed by atoms with E-state index in [9.17, 15) is 0 Å². The molecule has 0 atom stereocenters. The summed E-state index contributed by atoms with van der Waals surface area (Å²) in [6, 6.07) is 7.83. The van der Waals surface area contributed by atoms with E-state index < -0.39 is 0 Å². The summed E-state index contributed by atoms with van der Waals surface area (Å²) in [7, 11) is -0.324. The maximum absolute atomic E-state index is 6.01. The van der Waals surface area contributed by atoms with Crippen molar-refractivity contribution in [3.63, 3.8) is 0 Å². The molecule has 1 aromatic carbocycles. The van der Waals surface area contributed by atoms with Gasteiger partial charge < -0.3 is 14.0 Å². The van der Waals surface area contributed by atoms with Crippen LogP contribution in [0.15, 0.2) is 36.4 Å². The molecule has 1 aliphatic rings. The van der Waals surface area contributed by atoms with Crippen LogP contribution >= 0.6 is 0 Å². The second-order valence-electron chi connectivity index (χ2n) is 6.40. The lowest BCUT2D eigenvalue weighted by Gasteiger charge is -2.32. The molecule has 0 saturated carbocycles. The summed E-state index contributed by atoms with van der Waals surface area (Å²) in [5.74, 6) is 0.827. The maximum atomic E-state index is 6.01. The Morgan fingerprint density at radius 1 is 1.10 bits per heavy atom. The molecule has 3 nitrogen and oxygen atoms in total. The average molecular weight is 274 g/mol. The third-order valence-electron chi connectivity index (χ3n) is 3.89. The van der Waals surface area contributed by atoms with Gasteiger partial charge in [0.05, 0.1) is 11.2 Å². The molecule has 4 heteroatoms. The van der Waals surface area contributed by atoms with Gasteiger partial charge in [-0.3, -0.25) is 0 Å². The molecule has 1 heterocycles. The molecule has 2 rings (SSSR count). The van der Waals surface area contributed by atoms with E-state index in [0.717, 1.165) is 16.8 Å². The topological polar surface area (TPSA) is 27.7 Å². The average Bonchev–Trinajstić information content (AvgIpc) is 2.56. The Labute approximate surface area is 122 Å². The second kappa shape index (κ2) is 5.26. The lowest BCUT2D eigenvalue weighted by molar-refractivity contribution is 0.00578. The van der Waals surface area contributed by atoms with Crippen molar-refractivity contribution in [2.24, 2.45) is 0 Å². The van der Waals surface area contributed by atoms with Crippen LogP contribution in [-0.4, -0.2) is 24.9 Å². The van der Waals surface area contributed by atoms with Gasteiger partial charge in [-0.25, -0.2) is 0 Å². The fourth-order valence-corrected chi connectivity index (χ4v) is 1.91. The zero-order chi connectivity index (χ0) is 15.0. The minimum atomic E-state index is -0.324. The van der Waals surface area contributed by atoms with Crippen LogP contribution in [0.25, 0.3) is 0 Å². The largest absolute Gasteiger partial charge is 0.494 e. The third kappa shape index (κ3) is 3.07. The van der Waals surface area contributed by atoms with Crippen molar-refractivity contribution in [2.45, 2.75) is 45.8 Å². The minimum absolute atomic E-state index is 0.313. The van der Waals surface area contributed by atoms with Gasteiger partial charge in [-0.15, -0.1) is 0 Å². The molecular formula is C16H23BO3. The molecule has 0 aromatic heterocycles. The first-order chi connectivity index (χ1) is 9.21.